The maximum atomic E-state index is 11.2. The van der Waals surface area contributed by atoms with Crippen LogP contribution < -0.4 is 10.6 Å². The van der Waals surface area contributed by atoms with Gasteiger partial charge in [-0.15, -0.1) is 0 Å². The Bertz CT molecular complexity index is 512. The van der Waals surface area contributed by atoms with Crippen LogP contribution in [0.1, 0.15) is 50.4 Å². The maximum absolute atomic E-state index is 11.2. The van der Waals surface area contributed by atoms with Gasteiger partial charge in [-0.1, -0.05) is 26.7 Å². The highest BCUT2D eigenvalue weighted by atomic mass is 32.1. The average molecular weight is 304 g/mol. The molecule has 0 amide bonds. The molecule has 1 fully saturated rings. The average Bonchev–Trinajstić information content (AvgIpc) is 2.44. The van der Waals surface area contributed by atoms with Crippen molar-refractivity contribution in [2.24, 2.45) is 11.8 Å². The van der Waals surface area contributed by atoms with Crippen molar-refractivity contribution in [2.75, 3.05) is 5.32 Å². The van der Waals surface area contributed by atoms with Crippen molar-refractivity contribution in [2.45, 2.75) is 46.1 Å². The van der Waals surface area contributed by atoms with E-state index in [9.17, 15) is 4.79 Å². The standard InChI is InChI=1S/C17H24N2OS/c1-11-5-4-6-16(12(11)2)19-17(21)18-15-9-7-14(8-10-15)13(3)20/h7-12,16H,4-6H2,1-3H3,(H2,18,19,21)/t11-,12+,16+/m1/s1. The topological polar surface area (TPSA) is 41.1 Å². The van der Waals surface area contributed by atoms with E-state index in [1.165, 1.54) is 19.3 Å². The van der Waals surface area contributed by atoms with Crippen molar-refractivity contribution in [1.29, 1.82) is 0 Å². The molecule has 3 atom stereocenters. The number of hydrogen-bond acceptors (Lipinski definition) is 2. The Hall–Kier alpha value is -1.42. The second-order valence-corrected chi connectivity index (χ2v) is 6.51. The van der Waals surface area contributed by atoms with Crippen LogP contribution in [0.3, 0.4) is 0 Å². The van der Waals surface area contributed by atoms with Crippen LogP contribution in [0, 0.1) is 11.8 Å². The Kier molecular flexibility index (Phi) is 5.34. The predicted molar refractivity (Wildman–Crippen MR) is 91.8 cm³/mol. The first-order valence-electron chi connectivity index (χ1n) is 7.66. The van der Waals surface area contributed by atoms with E-state index in [1.807, 2.05) is 24.3 Å². The van der Waals surface area contributed by atoms with E-state index in [2.05, 4.69) is 24.5 Å². The minimum atomic E-state index is 0.0762. The monoisotopic (exact) mass is 304 g/mol. The summed E-state index contributed by atoms with van der Waals surface area (Å²) in [7, 11) is 0. The highest BCUT2D eigenvalue weighted by Crippen LogP contribution is 2.29. The Balaban J connectivity index is 1.90. The van der Waals surface area contributed by atoms with E-state index >= 15 is 0 Å². The van der Waals surface area contributed by atoms with Gasteiger partial charge in [0, 0.05) is 17.3 Å². The van der Waals surface area contributed by atoms with Gasteiger partial charge >= 0.3 is 0 Å². The highest BCUT2D eigenvalue weighted by molar-refractivity contribution is 7.80. The molecule has 0 bridgehead atoms. The zero-order valence-corrected chi connectivity index (χ0v) is 13.8. The first-order chi connectivity index (χ1) is 9.97. The van der Waals surface area contributed by atoms with Gasteiger partial charge in [0.15, 0.2) is 10.9 Å². The molecule has 4 heteroatoms. The second-order valence-electron chi connectivity index (χ2n) is 6.11. The molecule has 1 aromatic carbocycles. The minimum Gasteiger partial charge on any atom is -0.359 e. The van der Waals surface area contributed by atoms with Crippen LogP contribution in [-0.4, -0.2) is 16.9 Å². The molecule has 0 unspecified atom stereocenters. The van der Waals surface area contributed by atoms with Crippen molar-refractivity contribution >= 4 is 28.8 Å². The lowest BCUT2D eigenvalue weighted by atomic mass is 9.78. The van der Waals surface area contributed by atoms with E-state index < -0.39 is 0 Å². The van der Waals surface area contributed by atoms with Crippen LogP contribution >= 0.6 is 12.2 Å². The number of ketones is 1. The van der Waals surface area contributed by atoms with Crippen LogP contribution in [0.5, 0.6) is 0 Å². The first kappa shape index (κ1) is 16.0. The smallest absolute Gasteiger partial charge is 0.171 e. The van der Waals surface area contributed by atoms with Gasteiger partial charge in [-0.25, -0.2) is 0 Å². The molecule has 0 aliphatic heterocycles. The maximum Gasteiger partial charge on any atom is 0.171 e. The van der Waals surface area contributed by atoms with Crippen LogP contribution in [0.2, 0.25) is 0 Å². The highest BCUT2D eigenvalue weighted by Gasteiger charge is 2.27. The lowest BCUT2D eigenvalue weighted by Crippen LogP contribution is -2.45. The molecule has 0 spiro atoms. The zero-order valence-electron chi connectivity index (χ0n) is 13.0. The Labute approximate surface area is 132 Å². The number of rotatable bonds is 3. The summed E-state index contributed by atoms with van der Waals surface area (Å²) in [4.78, 5) is 11.2. The summed E-state index contributed by atoms with van der Waals surface area (Å²) in [6.07, 6.45) is 3.75. The zero-order chi connectivity index (χ0) is 15.4. The molecule has 2 rings (SSSR count). The van der Waals surface area contributed by atoms with Gasteiger partial charge in [0.25, 0.3) is 0 Å². The number of carbonyl (C=O) groups is 1. The largest absolute Gasteiger partial charge is 0.359 e. The number of Topliss-reactive ketones (excluding diaryl/α,β-unsaturated/α-hetero) is 1. The van der Waals surface area contributed by atoms with Crippen molar-refractivity contribution in [3.8, 4) is 0 Å². The molecule has 1 saturated carbocycles. The van der Waals surface area contributed by atoms with Gasteiger partial charge in [-0.3, -0.25) is 4.79 Å². The van der Waals surface area contributed by atoms with Crippen molar-refractivity contribution in [3.05, 3.63) is 29.8 Å². The quantitative estimate of drug-likeness (QED) is 0.654. The predicted octanol–water partition coefficient (Wildman–Crippen LogP) is 4.00. The summed E-state index contributed by atoms with van der Waals surface area (Å²) in [6.45, 7) is 6.18. The summed E-state index contributed by atoms with van der Waals surface area (Å²) < 4.78 is 0. The third kappa shape index (κ3) is 4.27. The van der Waals surface area contributed by atoms with Gasteiger partial charge in [0.1, 0.15) is 0 Å². The van der Waals surface area contributed by atoms with E-state index in [-0.39, 0.29) is 5.78 Å². The van der Waals surface area contributed by atoms with E-state index in [0.717, 1.165) is 11.6 Å². The Morgan fingerprint density at radius 3 is 2.48 bits per heavy atom. The summed E-state index contributed by atoms with van der Waals surface area (Å²) in [5.41, 5.74) is 1.63. The number of hydrogen-bond donors (Lipinski definition) is 2. The van der Waals surface area contributed by atoms with Crippen LogP contribution in [0.25, 0.3) is 0 Å². The first-order valence-corrected chi connectivity index (χ1v) is 8.06. The number of carbonyl (C=O) groups excluding carboxylic acids is 1. The van der Waals surface area contributed by atoms with Gasteiger partial charge in [-0.2, -0.15) is 0 Å². The molecule has 1 aliphatic rings. The second kappa shape index (κ2) is 7.03. The third-order valence-electron chi connectivity index (χ3n) is 4.57. The fourth-order valence-electron chi connectivity index (χ4n) is 2.91. The van der Waals surface area contributed by atoms with Gasteiger partial charge < -0.3 is 10.6 Å². The summed E-state index contributed by atoms with van der Waals surface area (Å²) in [5, 5.41) is 7.30. The van der Waals surface area contributed by atoms with E-state index in [1.54, 1.807) is 6.92 Å². The number of anilines is 1. The van der Waals surface area contributed by atoms with E-state index in [0.29, 0.717) is 22.6 Å². The molecular formula is C17H24N2OS. The number of benzene rings is 1. The Morgan fingerprint density at radius 2 is 1.86 bits per heavy atom. The van der Waals surface area contributed by atoms with Crippen LogP contribution in [0.15, 0.2) is 24.3 Å². The summed E-state index contributed by atoms with van der Waals surface area (Å²) in [6, 6.07) is 7.86. The van der Waals surface area contributed by atoms with Crippen molar-refractivity contribution < 1.29 is 4.79 Å². The van der Waals surface area contributed by atoms with E-state index in [4.69, 9.17) is 12.2 Å². The normalized spacial score (nSPS) is 25.2. The Morgan fingerprint density at radius 1 is 1.19 bits per heavy atom. The molecule has 1 aliphatic carbocycles. The van der Waals surface area contributed by atoms with Crippen molar-refractivity contribution in [3.63, 3.8) is 0 Å². The molecule has 21 heavy (non-hydrogen) atoms. The van der Waals surface area contributed by atoms with Gasteiger partial charge in [0.2, 0.25) is 0 Å². The molecule has 0 radical (unpaired) electrons. The lowest BCUT2D eigenvalue weighted by Gasteiger charge is -2.35. The fraction of sp³-hybridized carbons (Fsp3) is 0.529. The van der Waals surface area contributed by atoms with Crippen molar-refractivity contribution in [1.82, 2.24) is 5.32 Å². The van der Waals surface area contributed by atoms with Crippen LogP contribution in [0.4, 0.5) is 5.69 Å². The summed E-state index contributed by atoms with van der Waals surface area (Å²) in [5.74, 6) is 1.46. The van der Waals surface area contributed by atoms with Crippen LogP contribution in [-0.2, 0) is 0 Å². The molecule has 2 N–H and O–H groups in total. The molecule has 114 valence electrons. The third-order valence-corrected chi connectivity index (χ3v) is 4.79. The summed E-state index contributed by atoms with van der Waals surface area (Å²) >= 11 is 5.40. The van der Waals surface area contributed by atoms with Gasteiger partial charge in [-0.05, 0) is 61.7 Å². The minimum absolute atomic E-state index is 0.0762. The SMILES string of the molecule is CC(=O)c1ccc(NC(=S)N[C@H]2CCC[C@@H](C)[C@@H]2C)cc1. The fourth-order valence-corrected chi connectivity index (χ4v) is 3.18. The molecule has 1 aromatic rings. The number of nitrogens with one attached hydrogen (secondary N) is 2. The molecule has 0 aromatic heterocycles. The number of thiocarbonyl (C=S) groups is 1. The van der Waals surface area contributed by atoms with Gasteiger partial charge in [0.05, 0.1) is 0 Å². The molecule has 0 saturated heterocycles. The molecular weight excluding hydrogens is 280 g/mol. The molecule has 0 heterocycles. The molecule has 3 nitrogen and oxygen atoms in total. The lowest BCUT2D eigenvalue weighted by molar-refractivity contribution is 0.101.